The van der Waals surface area contributed by atoms with Gasteiger partial charge in [0.15, 0.2) is 0 Å². The molecule has 1 fully saturated rings. The largest absolute Gasteiger partial charge is 0.389 e. The average molecular weight is 282 g/mol. The second-order valence-electron chi connectivity index (χ2n) is 5.43. The summed E-state index contributed by atoms with van der Waals surface area (Å²) >= 11 is 4.86. The van der Waals surface area contributed by atoms with Gasteiger partial charge in [0.25, 0.3) is 0 Å². The molecule has 104 valence electrons. The molecule has 0 aromatic heterocycles. The number of benzene rings is 1. The second-order valence-corrected chi connectivity index (χ2v) is 5.87. The number of thiocarbonyl (C=S) groups is 1. The number of morpholine rings is 1. The van der Waals surface area contributed by atoms with Gasteiger partial charge < -0.3 is 10.5 Å². The van der Waals surface area contributed by atoms with Gasteiger partial charge in [-0.15, -0.1) is 0 Å². The van der Waals surface area contributed by atoms with Crippen LogP contribution in [0.2, 0.25) is 0 Å². The Bertz CT molecular complexity index is 490. The monoisotopic (exact) mass is 282 g/mol. The van der Waals surface area contributed by atoms with Crippen LogP contribution in [0.15, 0.2) is 18.2 Å². The lowest BCUT2D eigenvalue weighted by atomic mass is 10.0. The molecule has 0 saturated carbocycles. The normalized spacial score (nSPS) is 19.3. The highest BCUT2D eigenvalue weighted by Crippen LogP contribution is 2.23. The maximum atomic E-state index is 14.3. The molecule has 1 aromatic carbocycles. The summed E-state index contributed by atoms with van der Waals surface area (Å²) in [5.41, 5.74) is 6.38. The van der Waals surface area contributed by atoms with Crippen LogP contribution in [-0.4, -0.2) is 35.2 Å². The first-order chi connectivity index (χ1) is 8.92. The number of rotatable bonds is 3. The molecule has 0 radical (unpaired) electrons. The number of ether oxygens (including phenoxy) is 1. The summed E-state index contributed by atoms with van der Waals surface area (Å²) in [4.78, 5) is 2.32. The molecule has 1 heterocycles. The molecule has 0 spiro atoms. The zero-order valence-electron chi connectivity index (χ0n) is 11.3. The van der Waals surface area contributed by atoms with E-state index >= 15 is 0 Å². The zero-order valence-corrected chi connectivity index (χ0v) is 12.1. The first-order valence-corrected chi connectivity index (χ1v) is 6.72. The van der Waals surface area contributed by atoms with Gasteiger partial charge >= 0.3 is 0 Å². The maximum Gasteiger partial charge on any atom is 0.137 e. The first-order valence-electron chi connectivity index (χ1n) is 6.32. The number of nitrogens with zero attached hydrogens (tertiary/aromatic N) is 1. The standard InChI is InChI=1S/C14H19FN2OS/c1-14(2)9-18-7-6-17(14)8-10-4-3-5-11(12(10)15)13(16)19/h3-5H,6-9H2,1-2H3,(H2,16,19). The average Bonchev–Trinajstić information content (AvgIpc) is 2.33. The van der Waals surface area contributed by atoms with E-state index in [0.717, 1.165) is 6.54 Å². The smallest absolute Gasteiger partial charge is 0.137 e. The van der Waals surface area contributed by atoms with Crippen LogP contribution >= 0.6 is 12.2 Å². The van der Waals surface area contributed by atoms with E-state index in [2.05, 4.69) is 18.7 Å². The Kier molecular flexibility index (Phi) is 4.18. The van der Waals surface area contributed by atoms with Crippen LogP contribution in [-0.2, 0) is 11.3 Å². The number of halogens is 1. The van der Waals surface area contributed by atoms with Crippen LogP contribution in [0.1, 0.15) is 25.0 Å². The Morgan fingerprint density at radius 3 is 2.89 bits per heavy atom. The summed E-state index contributed by atoms with van der Waals surface area (Å²) in [7, 11) is 0. The fraction of sp³-hybridized carbons (Fsp3) is 0.500. The molecule has 0 unspecified atom stereocenters. The van der Waals surface area contributed by atoms with Crippen LogP contribution in [0, 0.1) is 5.82 Å². The van der Waals surface area contributed by atoms with E-state index in [-0.39, 0.29) is 16.3 Å². The van der Waals surface area contributed by atoms with Crippen molar-refractivity contribution >= 4 is 17.2 Å². The lowest BCUT2D eigenvalue weighted by molar-refractivity contribution is -0.0556. The van der Waals surface area contributed by atoms with Crippen LogP contribution < -0.4 is 5.73 Å². The molecule has 3 nitrogen and oxygen atoms in total. The van der Waals surface area contributed by atoms with Gasteiger partial charge in [0.2, 0.25) is 0 Å². The molecule has 1 aromatic rings. The van der Waals surface area contributed by atoms with E-state index in [4.69, 9.17) is 22.7 Å². The molecule has 1 aliphatic heterocycles. The van der Waals surface area contributed by atoms with Crippen LogP contribution in [0.25, 0.3) is 0 Å². The van der Waals surface area contributed by atoms with Gasteiger partial charge in [0.05, 0.1) is 13.2 Å². The molecule has 0 aliphatic carbocycles. The number of hydrogen-bond acceptors (Lipinski definition) is 3. The Hall–Kier alpha value is -1.04. The van der Waals surface area contributed by atoms with Crippen molar-refractivity contribution in [3.8, 4) is 0 Å². The van der Waals surface area contributed by atoms with Gasteiger partial charge in [-0.3, -0.25) is 4.90 Å². The van der Waals surface area contributed by atoms with Crippen molar-refractivity contribution in [3.63, 3.8) is 0 Å². The van der Waals surface area contributed by atoms with Crippen LogP contribution in [0.3, 0.4) is 0 Å². The van der Waals surface area contributed by atoms with Crippen LogP contribution in [0.5, 0.6) is 0 Å². The van der Waals surface area contributed by atoms with Gasteiger partial charge in [-0.25, -0.2) is 4.39 Å². The topological polar surface area (TPSA) is 38.5 Å². The third-order valence-corrected chi connectivity index (χ3v) is 3.74. The second kappa shape index (κ2) is 5.53. The van der Waals surface area contributed by atoms with Crippen molar-refractivity contribution in [1.29, 1.82) is 0 Å². The van der Waals surface area contributed by atoms with E-state index in [1.54, 1.807) is 18.2 Å². The molecule has 0 amide bonds. The number of nitrogens with two attached hydrogens (primary N) is 1. The summed E-state index contributed by atoms with van der Waals surface area (Å²) in [6.07, 6.45) is 0. The van der Waals surface area contributed by atoms with Crippen LogP contribution in [0.4, 0.5) is 4.39 Å². The highest BCUT2D eigenvalue weighted by Gasteiger charge is 2.31. The van der Waals surface area contributed by atoms with E-state index < -0.39 is 0 Å². The third kappa shape index (κ3) is 3.11. The maximum absolute atomic E-state index is 14.3. The van der Waals surface area contributed by atoms with E-state index in [0.29, 0.717) is 30.9 Å². The highest BCUT2D eigenvalue weighted by atomic mass is 32.1. The third-order valence-electron chi connectivity index (χ3n) is 3.52. The minimum atomic E-state index is -0.308. The van der Waals surface area contributed by atoms with Gasteiger partial charge in [-0.2, -0.15) is 0 Å². The molecule has 19 heavy (non-hydrogen) atoms. The lowest BCUT2D eigenvalue weighted by Crippen LogP contribution is -2.52. The van der Waals surface area contributed by atoms with Crippen molar-refractivity contribution in [2.45, 2.75) is 25.9 Å². The zero-order chi connectivity index (χ0) is 14.0. The van der Waals surface area contributed by atoms with Gasteiger partial charge in [-0.05, 0) is 19.9 Å². The van der Waals surface area contributed by atoms with Crippen molar-refractivity contribution in [2.75, 3.05) is 19.8 Å². The summed E-state index contributed by atoms with van der Waals surface area (Å²) in [6, 6.07) is 5.19. The van der Waals surface area contributed by atoms with Crippen molar-refractivity contribution in [3.05, 3.63) is 35.1 Å². The molecule has 0 bridgehead atoms. The van der Waals surface area contributed by atoms with E-state index in [1.807, 2.05) is 0 Å². The Morgan fingerprint density at radius 2 is 2.26 bits per heavy atom. The van der Waals surface area contributed by atoms with Crippen molar-refractivity contribution in [1.82, 2.24) is 4.90 Å². The molecular weight excluding hydrogens is 263 g/mol. The fourth-order valence-corrected chi connectivity index (χ4v) is 2.44. The molecule has 1 aliphatic rings. The van der Waals surface area contributed by atoms with E-state index in [1.165, 1.54) is 0 Å². The van der Waals surface area contributed by atoms with Gasteiger partial charge in [0.1, 0.15) is 10.8 Å². The molecule has 2 N–H and O–H groups in total. The van der Waals surface area contributed by atoms with Gasteiger partial charge in [0, 0.05) is 29.8 Å². The number of hydrogen-bond donors (Lipinski definition) is 1. The fourth-order valence-electron chi connectivity index (χ4n) is 2.28. The summed E-state index contributed by atoms with van der Waals surface area (Å²) in [6.45, 7) is 6.87. The predicted molar refractivity (Wildman–Crippen MR) is 77.6 cm³/mol. The molecular formula is C14H19FN2OS. The minimum absolute atomic E-state index is 0.0933. The molecule has 1 saturated heterocycles. The SMILES string of the molecule is CC1(C)COCCN1Cc1cccc(C(N)=S)c1F. The molecule has 2 rings (SSSR count). The summed E-state index contributed by atoms with van der Waals surface area (Å²) in [5.74, 6) is -0.308. The summed E-state index contributed by atoms with van der Waals surface area (Å²) < 4.78 is 19.8. The Labute approximate surface area is 118 Å². The summed E-state index contributed by atoms with van der Waals surface area (Å²) in [5, 5.41) is 0. The Morgan fingerprint density at radius 1 is 1.53 bits per heavy atom. The first kappa shape index (κ1) is 14.4. The predicted octanol–water partition coefficient (Wildman–Crippen LogP) is 2.07. The Balaban J connectivity index is 2.23. The molecule has 5 heteroatoms. The lowest BCUT2D eigenvalue weighted by Gasteiger charge is -2.42. The minimum Gasteiger partial charge on any atom is -0.389 e. The van der Waals surface area contributed by atoms with Crippen molar-refractivity contribution < 1.29 is 9.13 Å². The van der Waals surface area contributed by atoms with Crippen molar-refractivity contribution in [2.24, 2.45) is 5.73 Å². The van der Waals surface area contributed by atoms with E-state index in [9.17, 15) is 4.39 Å². The molecule has 0 atom stereocenters. The quantitative estimate of drug-likeness (QED) is 0.861. The highest BCUT2D eigenvalue weighted by molar-refractivity contribution is 7.80. The van der Waals surface area contributed by atoms with Gasteiger partial charge in [-0.1, -0.05) is 24.4 Å².